The van der Waals surface area contributed by atoms with Crippen LogP contribution in [0.25, 0.3) is 5.69 Å². The normalized spacial score (nSPS) is 11.4. The Morgan fingerprint density at radius 3 is 2.57 bits per heavy atom. The number of aromatic nitrogens is 2. The van der Waals surface area contributed by atoms with Crippen LogP contribution in [-0.4, -0.2) is 20.5 Å². The molecule has 0 atom stereocenters. The molecule has 2 aromatic rings. The van der Waals surface area contributed by atoms with Crippen molar-refractivity contribution < 1.29 is 18.1 Å². The van der Waals surface area contributed by atoms with Crippen molar-refractivity contribution in [3.05, 3.63) is 51.8 Å². The number of halogens is 3. The first kappa shape index (κ1) is 14.5. The zero-order chi connectivity index (χ0) is 15.8. The van der Waals surface area contributed by atoms with Crippen LogP contribution < -0.4 is 5.73 Å². The molecule has 0 unspecified atom stereocenters. The van der Waals surface area contributed by atoms with Crippen LogP contribution in [0.4, 0.5) is 18.9 Å². The highest BCUT2D eigenvalue weighted by atomic mass is 19.4. The largest absolute Gasteiger partial charge is 0.416 e. The minimum absolute atomic E-state index is 0.0450. The van der Waals surface area contributed by atoms with E-state index in [1.54, 1.807) is 0 Å². The summed E-state index contributed by atoms with van der Waals surface area (Å²) < 4.78 is 39.0. The highest BCUT2D eigenvalue weighted by Crippen LogP contribution is 2.31. The number of amidine groups is 1. The zero-order valence-electron chi connectivity index (χ0n) is 10.3. The maximum Gasteiger partial charge on any atom is 0.416 e. The van der Waals surface area contributed by atoms with Gasteiger partial charge in [0, 0.05) is 5.56 Å². The summed E-state index contributed by atoms with van der Waals surface area (Å²) in [5.41, 5.74) is 3.79. The second-order valence-corrected chi connectivity index (χ2v) is 4.04. The molecule has 0 aliphatic rings. The van der Waals surface area contributed by atoms with Crippen LogP contribution in [-0.2, 0) is 6.18 Å². The average Bonchev–Trinajstić information content (AvgIpc) is 2.86. The summed E-state index contributed by atoms with van der Waals surface area (Å²) in [7, 11) is 0. The fourth-order valence-electron chi connectivity index (χ4n) is 1.67. The number of nitro groups is 1. The molecule has 0 saturated carbocycles. The molecule has 0 radical (unpaired) electrons. The van der Waals surface area contributed by atoms with E-state index in [0.29, 0.717) is 6.07 Å². The van der Waals surface area contributed by atoms with Gasteiger partial charge in [-0.05, 0) is 18.2 Å². The number of alkyl halides is 3. The van der Waals surface area contributed by atoms with Crippen LogP contribution in [0.5, 0.6) is 0 Å². The molecule has 0 saturated heterocycles. The lowest BCUT2D eigenvalue weighted by Crippen LogP contribution is -2.17. The third-order valence-corrected chi connectivity index (χ3v) is 2.64. The Labute approximate surface area is 115 Å². The molecule has 0 aliphatic carbocycles. The first-order valence-corrected chi connectivity index (χ1v) is 5.45. The van der Waals surface area contributed by atoms with Crippen LogP contribution in [0.15, 0.2) is 30.6 Å². The predicted octanol–water partition coefficient (Wildman–Crippen LogP) is 2.08. The Bertz CT molecular complexity index is 723. The Balaban J connectivity index is 2.57. The number of nitrogens with zero attached hydrogens (tertiary/aromatic N) is 3. The van der Waals surface area contributed by atoms with E-state index in [1.165, 1.54) is 0 Å². The molecule has 21 heavy (non-hydrogen) atoms. The van der Waals surface area contributed by atoms with Crippen molar-refractivity contribution in [2.75, 3.05) is 0 Å². The van der Waals surface area contributed by atoms with E-state index in [9.17, 15) is 23.3 Å². The molecule has 2 rings (SSSR count). The average molecular weight is 299 g/mol. The van der Waals surface area contributed by atoms with Gasteiger partial charge in [0.25, 0.3) is 0 Å². The SMILES string of the molecule is N=C(N)c1cc(C(F)(F)F)ccc1-n1cc([N+](=O)[O-])cn1. The Hall–Kier alpha value is -2.91. The van der Waals surface area contributed by atoms with Crippen molar-refractivity contribution in [2.45, 2.75) is 6.18 Å². The Kier molecular flexibility index (Phi) is 3.37. The number of benzene rings is 1. The number of hydrogen-bond acceptors (Lipinski definition) is 4. The smallest absolute Gasteiger partial charge is 0.384 e. The monoisotopic (exact) mass is 299 g/mol. The lowest BCUT2D eigenvalue weighted by molar-refractivity contribution is -0.384. The summed E-state index contributed by atoms with van der Waals surface area (Å²) in [5, 5.41) is 21.6. The van der Waals surface area contributed by atoms with Gasteiger partial charge < -0.3 is 5.73 Å². The van der Waals surface area contributed by atoms with Crippen molar-refractivity contribution in [3.63, 3.8) is 0 Å². The fraction of sp³-hybridized carbons (Fsp3) is 0.0909. The molecule has 1 aromatic carbocycles. The Morgan fingerprint density at radius 2 is 2.10 bits per heavy atom. The topological polar surface area (TPSA) is 111 Å². The molecule has 1 aromatic heterocycles. The summed E-state index contributed by atoms with van der Waals surface area (Å²) in [4.78, 5) is 9.89. The number of nitrogen functional groups attached to an aromatic ring is 1. The lowest BCUT2D eigenvalue weighted by atomic mass is 10.1. The van der Waals surface area contributed by atoms with E-state index < -0.39 is 22.5 Å². The molecule has 1 heterocycles. The predicted molar refractivity (Wildman–Crippen MR) is 66.2 cm³/mol. The van der Waals surface area contributed by atoms with Gasteiger partial charge in [-0.15, -0.1) is 0 Å². The van der Waals surface area contributed by atoms with Crippen LogP contribution in [0.3, 0.4) is 0 Å². The van der Waals surface area contributed by atoms with Gasteiger partial charge in [0.1, 0.15) is 18.2 Å². The van der Waals surface area contributed by atoms with Gasteiger partial charge >= 0.3 is 11.9 Å². The third kappa shape index (κ3) is 2.83. The summed E-state index contributed by atoms with van der Waals surface area (Å²) in [6.45, 7) is 0. The Morgan fingerprint density at radius 1 is 1.43 bits per heavy atom. The second-order valence-electron chi connectivity index (χ2n) is 4.04. The molecule has 0 bridgehead atoms. The minimum Gasteiger partial charge on any atom is -0.384 e. The van der Waals surface area contributed by atoms with Crippen molar-refractivity contribution in [3.8, 4) is 5.69 Å². The lowest BCUT2D eigenvalue weighted by Gasteiger charge is -2.12. The maximum absolute atomic E-state index is 12.7. The summed E-state index contributed by atoms with van der Waals surface area (Å²) >= 11 is 0. The van der Waals surface area contributed by atoms with E-state index in [0.717, 1.165) is 29.2 Å². The standard InChI is InChI=1S/C11H8F3N5O2/c12-11(13,14)6-1-2-9(8(3-6)10(15)16)18-5-7(4-17-18)19(20)21/h1-5H,(H3,15,16). The number of hydrogen-bond donors (Lipinski definition) is 2. The number of nitrogens with two attached hydrogens (primary N) is 1. The van der Waals surface area contributed by atoms with Gasteiger partial charge in [-0.3, -0.25) is 15.5 Å². The van der Waals surface area contributed by atoms with Gasteiger partial charge in [0.05, 0.1) is 16.2 Å². The van der Waals surface area contributed by atoms with Crippen molar-refractivity contribution in [2.24, 2.45) is 5.73 Å². The van der Waals surface area contributed by atoms with Gasteiger partial charge in [-0.25, -0.2) is 4.68 Å². The van der Waals surface area contributed by atoms with Crippen LogP contribution in [0.1, 0.15) is 11.1 Å². The molecule has 110 valence electrons. The van der Waals surface area contributed by atoms with Gasteiger partial charge in [0.2, 0.25) is 0 Å². The molecular weight excluding hydrogens is 291 g/mol. The number of rotatable bonds is 3. The summed E-state index contributed by atoms with van der Waals surface area (Å²) in [5.74, 6) is -0.603. The van der Waals surface area contributed by atoms with Crippen LogP contribution >= 0.6 is 0 Å². The van der Waals surface area contributed by atoms with Gasteiger partial charge in [-0.2, -0.15) is 18.3 Å². The van der Waals surface area contributed by atoms with E-state index >= 15 is 0 Å². The van der Waals surface area contributed by atoms with E-state index in [1.807, 2.05) is 0 Å². The maximum atomic E-state index is 12.7. The van der Waals surface area contributed by atoms with Crippen LogP contribution in [0, 0.1) is 15.5 Å². The third-order valence-electron chi connectivity index (χ3n) is 2.64. The van der Waals surface area contributed by atoms with Crippen molar-refractivity contribution in [1.29, 1.82) is 5.41 Å². The second kappa shape index (κ2) is 4.89. The molecule has 0 spiro atoms. The van der Waals surface area contributed by atoms with E-state index in [4.69, 9.17) is 11.1 Å². The van der Waals surface area contributed by atoms with E-state index in [2.05, 4.69) is 5.10 Å². The molecule has 3 N–H and O–H groups in total. The zero-order valence-corrected chi connectivity index (χ0v) is 10.3. The van der Waals surface area contributed by atoms with Gasteiger partial charge in [0.15, 0.2) is 0 Å². The summed E-state index contributed by atoms with van der Waals surface area (Å²) in [6, 6.07) is 2.54. The first-order valence-electron chi connectivity index (χ1n) is 5.45. The molecule has 0 amide bonds. The van der Waals surface area contributed by atoms with Crippen LogP contribution in [0.2, 0.25) is 0 Å². The van der Waals surface area contributed by atoms with Gasteiger partial charge in [-0.1, -0.05) is 0 Å². The summed E-state index contributed by atoms with van der Waals surface area (Å²) in [6.07, 6.45) is -2.62. The molecule has 7 nitrogen and oxygen atoms in total. The van der Waals surface area contributed by atoms with Crippen molar-refractivity contribution >= 4 is 11.5 Å². The molecular formula is C11H8F3N5O2. The molecule has 0 fully saturated rings. The first-order chi connectivity index (χ1) is 9.70. The van der Waals surface area contributed by atoms with E-state index in [-0.39, 0.29) is 16.9 Å². The molecule has 10 heteroatoms. The highest BCUT2D eigenvalue weighted by molar-refractivity contribution is 5.98. The minimum atomic E-state index is -4.58. The molecule has 0 aliphatic heterocycles. The number of nitrogens with one attached hydrogen (secondary N) is 1. The van der Waals surface area contributed by atoms with Crippen molar-refractivity contribution in [1.82, 2.24) is 9.78 Å². The fourth-order valence-corrected chi connectivity index (χ4v) is 1.67. The quantitative estimate of drug-likeness (QED) is 0.391. The highest BCUT2D eigenvalue weighted by Gasteiger charge is 2.31.